The van der Waals surface area contributed by atoms with Crippen molar-refractivity contribution in [1.29, 1.82) is 0 Å². The highest BCUT2D eigenvalue weighted by atomic mass is 127. The van der Waals surface area contributed by atoms with Gasteiger partial charge in [-0.05, 0) is 35.4 Å². The molecule has 94 valence electrons. The average Bonchev–Trinajstić information content (AvgIpc) is 2.28. The zero-order chi connectivity index (χ0) is 12.4. The minimum atomic E-state index is -2.07. The highest BCUT2D eigenvalue weighted by molar-refractivity contribution is 14.1. The Bertz CT molecular complexity index is 304. The second-order valence-corrected chi connectivity index (χ2v) is 7.12. The van der Waals surface area contributed by atoms with Crippen molar-refractivity contribution in [3.63, 3.8) is 0 Å². The first-order valence-electron chi connectivity index (χ1n) is 4.98. The number of rotatable bonds is 4. The van der Waals surface area contributed by atoms with Crippen molar-refractivity contribution in [2.75, 3.05) is 11.1 Å². The molecule has 1 rings (SSSR count). The summed E-state index contributed by atoms with van der Waals surface area (Å²) in [5.74, 6) is 0. The van der Waals surface area contributed by atoms with Gasteiger partial charge in [0.05, 0.1) is 6.54 Å². The number of hydrogen-bond acceptors (Lipinski definition) is 2. The van der Waals surface area contributed by atoms with E-state index in [2.05, 4.69) is 51.8 Å². The second-order valence-electron chi connectivity index (χ2n) is 3.94. The Labute approximate surface area is 126 Å². The number of nitrogens with zero attached hydrogens (tertiary/aromatic N) is 1. The first-order chi connectivity index (χ1) is 7.44. The minimum absolute atomic E-state index is 0.160. The number of hydrogen-bond donors (Lipinski definition) is 2. The van der Waals surface area contributed by atoms with Crippen LogP contribution >= 0.6 is 45.2 Å². The molecule has 16 heavy (non-hydrogen) atoms. The molecule has 0 aromatic heterocycles. The molecule has 1 heterocycles. The van der Waals surface area contributed by atoms with Crippen LogP contribution < -0.4 is 0 Å². The molecule has 7 heteroatoms. The van der Waals surface area contributed by atoms with Gasteiger partial charge in [-0.25, -0.2) is 0 Å². The summed E-state index contributed by atoms with van der Waals surface area (Å²) in [5.41, 5.74) is -1.18. The summed E-state index contributed by atoms with van der Waals surface area (Å²) >= 11 is 2.09. The van der Waals surface area contributed by atoms with Gasteiger partial charge < -0.3 is 5.11 Å². The van der Waals surface area contributed by atoms with E-state index in [0.29, 0.717) is 17.5 Å². The van der Waals surface area contributed by atoms with E-state index < -0.39 is 17.0 Å². The Morgan fingerprint density at radius 2 is 2.25 bits per heavy atom. The van der Waals surface area contributed by atoms with Gasteiger partial charge in [-0.3, -0.25) is 4.55 Å². The molecule has 1 fully saturated rings. The van der Waals surface area contributed by atoms with Gasteiger partial charge in [-0.1, -0.05) is 28.7 Å². The van der Waals surface area contributed by atoms with Crippen LogP contribution in [0.4, 0.5) is 0 Å². The maximum absolute atomic E-state index is 11.6. The van der Waals surface area contributed by atoms with Crippen LogP contribution in [0.3, 0.4) is 0 Å². The summed E-state index contributed by atoms with van der Waals surface area (Å²) in [6, 6.07) is 0. The van der Waals surface area contributed by atoms with Gasteiger partial charge in [-0.15, -0.1) is 6.58 Å². The standard InChI is InChI=1S/C9H15I2NO3S/c1-2-8(11)9(13)5-3-4-6-12(9,7-10)16(14)15/h2,8,13H,1,3-7H2/p+1. The molecule has 0 aromatic rings. The molecule has 1 aliphatic heterocycles. The van der Waals surface area contributed by atoms with E-state index in [0.717, 1.165) is 12.8 Å². The molecule has 0 saturated carbocycles. The van der Waals surface area contributed by atoms with E-state index in [-0.39, 0.29) is 7.81 Å². The van der Waals surface area contributed by atoms with Crippen LogP contribution in [0.15, 0.2) is 12.7 Å². The molecular formula is C9H16I2NO3S+. The minimum Gasteiger partial charge on any atom is -0.340 e. The summed E-state index contributed by atoms with van der Waals surface area (Å²) in [6.45, 7) is 4.22. The predicted octanol–water partition coefficient (Wildman–Crippen LogP) is 2.19. The summed E-state index contributed by atoms with van der Waals surface area (Å²) in [7, 11) is 0. The lowest BCUT2D eigenvalue weighted by Gasteiger charge is -2.49. The topological polar surface area (TPSA) is 57.5 Å². The van der Waals surface area contributed by atoms with Gasteiger partial charge in [0.1, 0.15) is 8.48 Å². The first kappa shape index (κ1) is 15.3. The van der Waals surface area contributed by atoms with Gasteiger partial charge in [0.2, 0.25) is 5.72 Å². The molecule has 0 radical (unpaired) electrons. The Morgan fingerprint density at radius 1 is 1.62 bits per heavy atom. The normalized spacial score (nSPS) is 39.0. The zero-order valence-electron chi connectivity index (χ0n) is 8.81. The van der Waals surface area contributed by atoms with Crippen molar-refractivity contribution < 1.29 is 17.8 Å². The molecule has 2 N–H and O–H groups in total. The van der Waals surface area contributed by atoms with Gasteiger partial charge in [0, 0.05) is 6.42 Å². The van der Waals surface area contributed by atoms with E-state index in [1.807, 2.05) is 0 Å². The third kappa shape index (κ3) is 2.35. The molecule has 1 saturated heterocycles. The van der Waals surface area contributed by atoms with E-state index in [1.165, 1.54) is 0 Å². The van der Waals surface area contributed by atoms with Crippen LogP contribution in [0.2, 0.25) is 0 Å². The van der Waals surface area contributed by atoms with Crippen molar-refractivity contribution in [3.05, 3.63) is 12.7 Å². The van der Waals surface area contributed by atoms with Crippen LogP contribution in [0.5, 0.6) is 0 Å². The monoisotopic (exact) mass is 472 g/mol. The first-order valence-corrected chi connectivity index (χ1v) is 8.82. The van der Waals surface area contributed by atoms with Crippen molar-refractivity contribution in [2.24, 2.45) is 0 Å². The number of alkyl halides is 2. The number of likely N-dealkylation sites (tertiary alicyclic amines) is 1. The summed E-state index contributed by atoms with van der Waals surface area (Å²) in [5, 5.41) is 10.8. The molecule has 4 unspecified atom stereocenters. The number of quaternary nitrogens is 1. The van der Waals surface area contributed by atoms with Gasteiger partial charge in [0.25, 0.3) is 0 Å². The molecule has 0 amide bonds. The van der Waals surface area contributed by atoms with E-state index >= 15 is 0 Å². The van der Waals surface area contributed by atoms with Crippen molar-refractivity contribution in [1.82, 2.24) is 0 Å². The van der Waals surface area contributed by atoms with Crippen LogP contribution in [0, 0.1) is 0 Å². The average molecular weight is 472 g/mol. The van der Waals surface area contributed by atoms with E-state index in [1.54, 1.807) is 6.08 Å². The fourth-order valence-corrected chi connectivity index (χ4v) is 5.64. The van der Waals surface area contributed by atoms with E-state index in [4.69, 9.17) is 0 Å². The third-order valence-corrected chi connectivity index (χ3v) is 7.52. The Hall–Kier alpha value is 1.23. The highest BCUT2D eigenvalue weighted by Gasteiger charge is 2.58. The molecule has 4 atom stereocenters. The molecule has 0 aromatic carbocycles. The molecule has 0 spiro atoms. The fraction of sp³-hybridized carbons (Fsp3) is 0.778. The van der Waals surface area contributed by atoms with Gasteiger partial charge >= 0.3 is 11.3 Å². The lowest BCUT2D eigenvalue weighted by molar-refractivity contribution is -0.882. The van der Waals surface area contributed by atoms with Crippen LogP contribution in [-0.4, -0.2) is 38.5 Å². The molecule has 4 nitrogen and oxygen atoms in total. The number of piperidine rings is 1. The molecular weight excluding hydrogens is 456 g/mol. The maximum Gasteiger partial charge on any atom is 0.361 e. The van der Waals surface area contributed by atoms with Crippen molar-refractivity contribution >= 4 is 56.4 Å². The number of halogens is 2. The molecule has 1 aliphatic rings. The molecule has 0 bridgehead atoms. The summed E-state index contributed by atoms with van der Waals surface area (Å²) in [6.07, 6.45) is 3.95. The predicted molar refractivity (Wildman–Crippen MR) is 81.6 cm³/mol. The van der Waals surface area contributed by atoms with Gasteiger partial charge in [0.15, 0.2) is 0 Å². The Balaban J connectivity index is 3.19. The summed E-state index contributed by atoms with van der Waals surface area (Å²) < 4.78 is 21.2. The maximum atomic E-state index is 11.6. The highest BCUT2D eigenvalue weighted by Crippen LogP contribution is 2.41. The van der Waals surface area contributed by atoms with Crippen molar-refractivity contribution in [2.45, 2.75) is 28.9 Å². The quantitative estimate of drug-likeness (QED) is 0.165. The van der Waals surface area contributed by atoms with Crippen LogP contribution in [0.25, 0.3) is 0 Å². The largest absolute Gasteiger partial charge is 0.361 e. The Morgan fingerprint density at radius 3 is 2.69 bits per heavy atom. The lowest BCUT2D eigenvalue weighted by Crippen LogP contribution is -2.70. The number of aliphatic hydroxyl groups is 1. The van der Waals surface area contributed by atoms with E-state index in [9.17, 15) is 13.9 Å². The van der Waals surface area contributed by atoms with Crippen molar-refractivity contribution in [3.8, 4) is 0 Å². The zero-order valence-corrected chi connectivity index (χ0v) is 13.9. The smallest absolute Gasteiger partial charge is 0.340 e. The summed E-state index contributed by atoms with van der Waals surface area (Å²) in [4.78, 5) is 0. The third-order valence-electron chi connectivity index (χ3n) is 3.16. The second kappa shape index (κ2) is 5.91. The Kier molecular flexibility index (Phi) is 5.65. The lowest BCUT2D eigenvalue weighted by atomic mass is 9.96. The van der Waals surface area contributed by atoms with Crippen LogP contribution in [-0.2, 0) is 11.3 Å². The molecule has 0 aliphatic carbocycles. The van der Waals surface area contributed by atoms with Gasteiger partial charge in [-0.2, -0.15) is 8.10 Å². The van der Waals surface area contributed by atoms with Crippen LogP contribution in [0.1, 0.15) is 19.3 Å². The fourth-order valence-electron chi connectivity index (χ4n) is 2.12. The SMILES string of the molecule is C=CC(I)C1(O)CCCC[N+]1(CI)S(=O)O.